The molecule has 9 heteroatoms. The number of nitrogens with zero attached hydrogens (tertiary/aromatic N) is 3. The van der Waals surface area contributed by atoms with Gasteiger partial charge in [-0.3, -0.25) is 4.79 Å². The van der Waals surface area contributed by atoms with Gasteiger partial charge in [-0.15, -0.1) is 0 Å². The summed E-state index contributed by atoms with van der Waals surface area (Å²) in [4.78, 5) is 28.1. The number of hydrogen-bond acceptors (Lipinski definition) is 8. The lowest BCUT2D eigenvalue weighted by Gasteiger charge is -2.29. The summed E-state index contributed by atoms with van der Waals surface area (Å²) < 4.78 is 10.1. The average Bonchev–Trinajstić information content (AvgIpc) is 3.04. The van der Waals surface area contributed by atoms with Crippen molar-refractivity contribution in [3.63, 3.8) is 0 Å². The normalized spacial score (nSPS) is 17.0. The van der Waals surface area contributed by atoms with E-state index in [1.165, 1.54) is 12.0 Å². The number of aliphatic hydroxyl groups excluding tert-OH is 1. The van der Waals surface area contributed by atoms with Crippen LogP contribution < -0.4 is 10.2 Å². The molecule has 0 atom stereocenters. The van der Waals surface area contributed by atoms with Gasteiger partial charge in [-0.1, -0.05) is 0 Å². The number of methoxy groups -OCH3 is 1. The van der Waals surface area contributed by atoms with Gasteiger partial charge < -0.3 is 29.7 Å². The molecular formula is C19H22N4O5. The van der Waals surface area contributed by atoms with Crippen LogP contribution in [0.25, 0.3) is 0 Å². The van der Waals surface area contributed by atoms with Crippen LogP contribution in [0, 0.1) is 11.3 Å². The highest BCUT2D eigenvalue weighted by Gasteiger charge is 2.34. The predicted molar refractivity (Wildman–Crippen MR) is 101 cm³/mol. The highest BCUT2D eigenvalue weighted by atomic mass is 16.5. The number of aliphatic hydroxyl groups is 1. The van der Waals surface area contributed by atoms with Gasteiger partial charge >= 0.3 is 5.97 Å². The molecule has 1 amide bonds. The lowest BCUT2D eigenvalue weighted by atomic mass is 10.1. The number of esters is 1. The second kappa shape index (κ2) is 8.73. The van der Waals surface area contributed by atoms with Crippen LogP contribution in [-0.4, -0.2) is 75.0 Å². The Hall–Kier alpha value is -3.09. The van der Waals surface area contributed by atoms with Crippen LogP contribution in [0.5, 0.6) is 0 Å². The SMILES string of the molecule is COC(=O)C1=C(Nc2ccc(N3CCOCC3)c(C#N)c2)C(=O)N(CCO)C1. The molecule has 0 bridgehead atoms. The van der Waals surface area contributed by atoms with Crippen molar-refractivity contribution in [3.8, 4) is 6.07 Å². The van der Waals surface area contributed by atoms with E-state index in [2.05, 4.69) is 16.3 Å². The summed E-state index contributed by atoms with van der Waals surface area (Å²) in [6.07, 6.45) is 0. The van der Waals surface area contributed by atoms with Crippen molar-refractivity contribution in [2.24, 2.45) is 0 Å². The van der Waals surface area contributed by atoms with E-state index in [0.717, 1.165) is 5.69 Å². The second-order valence-electron chi connectivity index (χ2n) is 6.36. The van der Waals surface area contributed by atoms with Gasteiger partial charge in [0.05, 0.1) is 50.3 Å². The van der Waals surface area contributed by atoms with E-state index >= 15 is 0 Å². The first-order chi connectivity index (χ1) is 13.6. The van der Waals surface area contributed by atoms with Crippen LogP contribution >= 0.6 is 0 Å². The van der Waals surface area contributed by atoms with Gasteiger partial charge in [-0.2, -0.15) is 5.26 Å². The molecule has 0 saturated carbocycles. The van der Waals surface area contributed by atoms with Crippen LogP contribution in [-0.2, 0) is 19.1 Å². The zero-order chi connectivity index (χ0) is 20.1. The zero-order valence-electron chi connectivity index (χ0n) is 15.6. The van der Waals surface area contributed by atoms with Crippen LogP contribution in [0.2, 0.25) is 0 Å². The highest BCUT2D eigenvalue weighted by Crippen LogP contribution is 2.27. The molecule has 1 fully saturated rings. The van der Waals surface area contributed by atoms with E-state index in [4.69, 9.17) is 14.6 Å². The molecule has 1 aromatic rings. The van der Waals surface area contributed by atoms with Gasteiger partial charge in [0.15, 0.2) is 0 Å². The maximum atomic E-state index is 12.6. The summed E-state index contributed by atoms with van der Waals surface area (Å²) in [7, 11) is 1.25. The third-order valence-electron chi connectivity index (χ3n) is 4.69. The molecule has 0 spiro atoms. The molecular weight excluding hydrogens is 364 g/mol. The minimum atomic E-state index is -0.610. The summed E-state index contributed by atoms with van der Waals surface area (Å²) in [6, 6.07) is 7.41. The number of nitrogens with one attached hydrogen (secondary N) is 1. The van der Waals surface area contributed by atoms with E-state index in [-0.39, 0.29) is 31.0 Å². The number of ether oxygens (including phenoxy) is 2. The fourth-order valence-corrected chi connectivity index (χ4v) is 3.28. The Morgan fingerprint density at radius 1 is 1.39 bits per heavy atom. The smallest absolute Gasteiger partial charge is 0.337 e. The van der Waals surface area contributed by atoms with E-state index in [9.17, 15) is 14.9 Å². The molecule has 2 aliphatic rings. The Kier molecular flexibility index (Phi) is 6.13. The standard InChI is InChI=1S/C19H22N4O5/c1-27-19(26)15-12-23(4-7-24)18(25)17(15)21-14-2-3-16(13(10-14)11-20)22-5-8-28-9-6-22/h2-3,10,21,24H,4-9,12H2,1H3. The Bertz CT molecular complexity index is 839. The van der Waals surface area contributed by atoms with Gasteiger partial charge in [0.2, 0.25) is 0 Å². The molecule has 9 nitrogen and oxygen atoms in total. The van der Waals surface area contributed by atoms with Crippen molar-refractivity contribution >= 4 is 23.3 Å². The van der Waals surface area contributed by atoms with Crippen molar-refractivity contribution in [2.45, 2.75) is 0 Å². The lowest BCUT2D eigenvalue weighted by molar-refractivity contribution is -0.136. The van der Waals surface area contributed by atoms with Crippen molar-refractivity contribution in [1.82, 2.24) is 4.90 Å². The number of anilines is 2. The summed E-state index contributed by atoms with van der Waals surface area (Å²) in [5.74, 6) is -1.01. The minimum absolute atomic E-state index is 0.0609. The Balaban J connectivity index is 1.87. The summed E-state index contributed by atoms with van der Waals surface area (Å²) in [5, 5.41) is 21.6. The number of carbonyl (C=O) groups excluding carboxylic acids is 2. The number of rotatable bonds is 6. The Labute approximate surface area is 162 Å². The molecule has 1 saturated heterocycles. The summed E-state index contributed by atoms with van der Waals surface area (Å²) >= 11 is 0. The van der Waals surface area contributed by atoms with Crippen LogP contribution in [0.15, 0.2) is 29.5 Å². The second-order valence-corrected chi connectivity index (χ2v) is 6.36. The number of carbonyl (C=O) groups is 2. The third-order valence-corrected chi connectivity index (χ3v) is 4.69. The summed E-state index contributed by atoms with van der Waals surface area (Å²) in [5.41, 5.74) is 2.08. The molecule has 3 rings (SSSR count). The molecule has 2 heterocycles. The van der Waals surface area contributed by atoms with Gasteiger partial charge in [0.25, 0.3) is 5.91 Å². The van der Waals surface area contributed by atoms with E-state index in [1.807, 2.05) is 6.07 Å². The molecule has 0 unspecified atom stereocenters. The molecule has 0 aliphatic carbocycles. The monoisotopic (exact) mass is 386 g/mol. The molecule has 0 radical (unpaired) electrons. The third kappa shape index (κ3) is 3.93. The molecule has 148 valence electrons. The molecule has 28 heavy (non-hydrogen) atoms. The first kappa shape index (κ1) is 19.7. The van der Waals surface area contributed by atoms with E-state index in [0.29, 0.717) is 37.6 Å². The molecule has 1 aromatic carbocycles. The van der Waals surface area contributed by atoms with Crippen molar-refractivity contribution in [2.75, 3.05) is 63.3 Å². The van der Waals surface area contributed by atoms with Gasteiger partial charge in [-0.25, -0.2) is 4.79 Å². The van der Waals surface area contributed by atoms with Gasteiger partial charge in [0, 0.05) is 25.3 Å². The zero-order valence-corrected chi connectivity index (χ0v) is 15.6. The predicted octanol–water partition coefficient (Wildman–Crippen LogP) is 0.0684. The van der Waals surface area contributed by atoms with E-state index in [1.54, 1.807) is 12.1 Å². The first-order valence-electron chi connectivity index (χ1n) is 8.94. The number of morpholine rings is 1. The number of benzene rings is 1. The lowest BCUT2D eigenvalue weighted by Crippen LogP contribution is -2.36. The first-order valence-corrected chi connectivity index (χ1v) is 8.94. The molecule has 0 aromatic heterocycles. The van der Waals surface area contributed by atoms with Crippen molar-refractivity contribution in [3.05, 3.63) is 35.0 Å². The van der Waals surface area contributed by atoms with Crippen LogP contribution in [0.3, 0.4) is 0 Å². The molecule has 2 N–H and O–H groups in total. The van der Waals surface area contributed by atoms with Crippen LogP contribution in [0.4, 0.5) is 11.4 Å². The van der Waals surface area contributed by atoms with Crippen LogP contribution in [0.1, 0.15) is 5.56 Å². The number of nitriles is 1. The maximum Gasteiger partial charge on any atom is 0.337 e. The van der Waals surface area contributed by atoms with Crippen molar-refractivity contribution in [1.29, 1.82) is 5.26 Å². The van der Waals surface area contributed by atoms with Gasteiger partial charge in [0.1, 0.15) is 11.8 Å². The van der Waals surface area contributed by atoms with Crippen molar-refractivity contribution < 1.29 is 24.2 Å². The highest BCUT2D eigenvalue weighted by molar-refractivity contribution is 6.08. The largest absolute Gasteiger partial charge is 0.466 e. The fourth-order valence-electron chi connectivity index (χ4n) is 3.28. The summed E-state index contributed by atoms with van der Waals surface area (Å²) in [6.45, 7) is 2.59. The quantitative estimate of drug-likeness (QED) is 0.660. The Morgan fingerprint density at radius 2 is 2.14 bits per heavy atom. The number of amides is 1. The van der Waals surface area contributed by atoms with E-state index < -0.39 is 11.9 Å². The molecule has 2 aliphatic heterocycles. The van der Waals surface area contributed by atoms with Gasteiger partial charge in [-0.05, 0) is 18.2 Å². The maximum absolute atomic E-state index is 12.6. The topological polar surface area (TPSA) is 115 Å². The Morgan fingerprint density at radius 3 is 2.79 bits per heavy atom. The number of β-amino-alcohol motifs (C(OH)–C–C–N with tert-alkyl or cyclic N) is 1. The number of hydrogen-bond donors (Lipinski definition) is 2. The minimum Gasteiger partial charge on any atom is -0.466 e. The average molecular weight is 386 g/mol. The fraction of sp³-hybridized carbons (Fsp3) is 0.421.